The van der Waals surface area contributed by atoms with Gasteiger partial charge in [-0.1, -0.05) is 13.0 Å². The summed E-state index contributed by atoms with van der Waals surface area (Å²) in [7, 11) is 1.92. The summed E-state index contributed by atoms with van der Waals surface area (Å²) in [6.07, 6.45) is 3.31. The Morgan fingerprint density at radius 3 is 2.67 bits per heavy atom. The number of likely N-dealkylation sites (tertiary alicyclic amines) is 1. The van der Waals surface area contributed by atoms with Crippen molar-refractivity contribution in [2.75, 3.05) is 32.4 Å². The molecule has 0 saturated carbocycles. The summed E-state index contributed by atoms with van der Waals surface area (Å²) in [6.45, 7) is 7.47. The molecule has 1 aromatic rings. The third-order valence-electron chi connectivity index (χ3n) is 4.57. The van der Waals surface area contributed by atoms with Crippen LogP contribution in [0.25, 0.3) is 0 Å². The van der Waals surface area contributed by atoms with E-state index in [1.165, 1.54) is 13.0 Å². The normalized spacial score (nSPS) is 16.9. The van der Waals surface area contributed by atoms with E-state index in [1.807, 2.05) is 37.1 Å². The van der Waals surface area contributed by atoms with Gasteiger partial charge in [0.2, 0.25) is 0 Å². The number of benzene rings is 1. The Hall–Kier alpha value is -1.55. The van der Waals surface area contributed by atoms with Crippen molar-refractivity contribution in [2.45, 2.75) is 39.2 Å². The molecule has 4 heteroatoms. The molecule has 1 aromatic carbocycles. The number of carbonyl (C=O) groups excluding carboxylic acids is 1. The fourth-order valence-corrected chi connectivity index (χ4v) is 3.09. The van der Waals surface area contributed by atoms with Crippen LogP contribution in [0.2, 0.25) is 0 Å². The van der Waals surface area contributed by atoms with Crippen molar-refractivity contribution >= 4 is 11.6 Å². The van der Waals surface area contributed by atoms with Gasteiger partial charge in [0, 0.05) is 37.4 Å². The molecule has 1 amide bonds. The maximum atomic E-state index is 12.7. The van der Waals surface area contributed by atoms with Gasteiger partial charge in [-0.25, -0.2) is 0 Å². The lowest BCUT2D eigenvalue weighted by Gasteiger charge is -2.36. The summed E-state index contributed by atoms with van der Waals surface area (Å²) in [5, 5.41) is 0. The van der Waals surface area contributed by atoms with Crippen LogP contribution in [0.15, 0.2) is 18.2 Å². The lowest BCUT2D eigenvalue weighted by molar-refractivity contribution is 0.0642. The molecule has 4 nitrogen and oxygen atoms in total. The van der Waals surface area contributed by atoms with Gasteiger partial charge in [0.25, 0.3) is 5.91 Å². The van der Waals surface area contributed by atoms with Crippen LogP contribution in [0.1, 0.15) is 42.1 Å². The first kappa shape index (κ1) is 15.8. The van der Waals surface area contributed by atoms with Gasteiger partial charge in [0.1, 0.15) is 0 Å². The van der Waals surface area contributed by atoms with Crippen LogP contribution >= 0.6 is 0 Å². The molecule has 0 bridgehead atoms. The van der Waals surface area contributed by atoms with Gasteiger partial charge >= 0.3 is 0 Å². The van der Waals surface area contributed by atoms with Gasteiger partial charge < -0.3 is 15.5 Å². The van der Waals surface area contributed by atoms with Gasteiger partial charge in [0.15, 0.2) is 0 Å². The summed E-state index contributed by atoms with van der Waals surface area (Å²) < 4.78 is 0. The van der Waals surface area contributed by atoms with Crippen LogP contribution in [-0.4, -0.2) is 48.4 Å². The third kappa shape index (κ3) is 3.56. The van der Waals surface area contributed by atoms with Crippen molar-refractivity contribution < 1.29 is 4.79 Å². The van der Waals surface area contributed by atoms with E-state index in [0.717, 1.165) is 37.1 Å². The minimum Gasteiger partial charge on any atom is -0.398 e. The predicted molar refractivity (Wildman–Crippen MR) is 87.4 cm³/mol. The van der Waals surface area contributed by atoms with Crippen LogP contribution in [0.5, 0.6) is 0 Å². The molecule has 0 spiro atoms. The van der Waals surface area contributed by atoms with E-state index in [4.69, 9.17) is 5.73 Å². The Morgan fingerprint density at radius 1 is 1.38 bits per heavy atom. The van der Waals surface area contributed by atoms with Crippen LogP contribution in [0.3, 0.4) is 0 Å². The summed E-state index contributed by atoms with van der Waals surface area (Å²) in [5.74, 6) is 0.0914. The molecule has 0 atom stereocenters. The van der Waals surface area contributed by atoms with Crippen molar-refractivity contribution in [1.82, 2.24) is 9.80 Å². The average molecular weight is 289 g/mol. The second kappa shape index (κ2) is 6.94. The number of anilines is 1. The summed E-state index contributed by atoms with van der Waals surface area (Å²) >= 11 is 0. The second-order valence-electron chi connectivity index (χ2n) is 6.01. The van der Waals surface area contributed by atoms with E-state index in [0.29, 0.717) is 11.7 Å². The molecule has 1 fully saturated rings. The molecule has 2 N–H and O–H groups in total. The number of nitrogens with two attached hydrogens (primary N) is 1. The van der Waals surface area contributed by atoms with Crippen LogP contribution < -0.4 is 5.73 Å². The minimum atomic E-state index is 0.0914. The predicted octanol–water partition coefficient (Wildman–Crippen LogP) is 2.52. The molecular weight excluding hydrogens is 262 g/mol. The molecule has 0 unspecified atom stereocenters. The van der Waals surface area contributed by atoms with E-state index in [1.54, 1.807) is 0 Å². The van der Waals surface area contributed by atoms with Gasteiger partial charge in [-0.05, 0) is 50.4 Å². The van der Waals surface area contributed by atoms with E-state index < -0.39 is 0 Å². The first-order valence-corrected chi connectivity index (χ1v) is 7.89. The monoisotopic (exact) mass is 289 g/mol. The fourth-order valence-electron chi connectivity index (χ4n) is 3.09. The number of amides is 1. The molecule has 1 heterocycles. The zero-order valence-electron chi connectivity index (χ0n) is 13.4. The van der Waals surface area contributed by atoms with Crippen molar-refractivity contribution in [3.05, 3.63) is 29.3 Å². The van der Waals surface area contributed by atoms with Gasteiger partial charge in [-0.3, -0.25) is 4.79 Å². The van der Waals surface area contributed by atoms with Gasteiger partial charge in [-0.2, -0.15) is 0 Å². The van der Waals surface area contributed by atoms with Gasteiger partial charge in [0.05, 0.1) is 0 Å². The minimum absolute atomic E-state index is 0.0914. The van der Waals surface area contributed by atoms with Crippen molar-refractivity contribution in [3.63, 3.8) is 0 Å². The first-order chi connectivity index (χ1) is 10.0. The lowest BCUT2D eigenvalue weighted by Crippen LogP contribution is -2.45. The van der Waals surface area contributed by atoms with Crippen molar-refractivity contribution in [2.24, 2.45) is 0 Å². The highest BCUT2D eigenvalue weighted by Gasteiger charge is 2.26. The molecule has 2 rings (SSSR count). The standard InChI is InChI=1S/C17H27N3O/c1-4-10-20-11-8-14(9-12-20)19(3)17(21)15-6-5-7-16(18)13(15)2/h5-7,14H,4,8-12,18H2,1-3H3. The highest BCUT2D eigenvalue weighted by Crippen LogP contribution is 2.21. The molecule has 0 aliphatic carbocycles. The zero-order valence-corrected chi connectivity index (χ0v) is 13.4. The van der Waals surface area contributed by atoms with Gasteiger partial charge in [-0.15, -0.1) is 0 Å². The quantitative estimate of drug-likeness (QED) is 0.867. The molecule has 1 saturated heterocycles. The molecule has 0 aromatic heterocycles. The Balaban J connectivity index is 2.02. The number of piperidine rings is 1. The van der Waals surface area contributed by atoms with Crippen LogP contribution in [-0.2, 0) is 0 Å². The lowest BCUT2D eigenvalue weighted by atomic mass is 10.0. The summed E-state index contributed by atoms with van der Waals surface area (Å²) in [4.78, 5) is 17.1. The maximum absolute atomic E-state index is 12.7. The SMILES string of the molecule is CCCN1CCC(N(C)C(=O)c2cccc(N)c2C)CC1. The van der Waals surface area contributed by atoms with E-state index in [9.17, 15) is 4.79 Å². The Labute approximate surface area is 127 Å². The fraction of sp³-hybridized carbons (Fsp3) is 0.588. The molecule has 21 heavy (non-hydrogen) atoms. The largest absolute Gasteiger partial charge is 0.398 e. The smallest absolute Gasteiger partial charge is 0.254 e. The molecule has 1 aliphatic rings. The molecular formula is C17H27N3O. The Bertz CT molecular complexity index is 493. The number of nitrogen functional groups attached to an aromatic ring is 1. The second-order valence-corrected chi connectivity index (χ2v) is 6.01. The Morgan fingerprint density at radius 2 is 2.05 bits per heavy atom. The zero-order chi connectivity index (χ0) is 15.4. The van der Waals surface area contributed by atoms with Crippen molar-refractivity contribution in [1.29, 1.82) is 0 Å². The van der Waals surface area contributed by atoms with E-state index in [-0.39, 0.29) is 5.91 Å². The highest BCUT2D eigenvalue weighted by molar-refractivity contribution is 5.96. The number of hydrogen-bond acceptors (Lipinski definition) is 3. The molecule has 116 valence electrons. The van der Waals surface area contributed by atoms with Crippen molar-refractivity contribution in [3.8, 4) is 0 Å². The van der Waals surface area contributed by atoms with E-state index in [2.05, 4.69) is 11.8 Å². The topological polar surface area (TPSA) is 49.6 Å². The summed E-state index contributed by atoms with van der Waals surface area (Å²) in [5.41, 5.74) is 8.22. The van der Waals surface area contributed by atoms with Crippen LogP contribution in [0, 0.1) is 6.92 Å². The highest BCUT2D eigenvalue weighted by atomic mass is 16.2. The first-order valence-electron chi connectivity index (χ1n) is 7.89. The number of nitrogens with zero attached hydrogens (tertiary/aromatic N) is 2. The third-order valence-corrected chi connectivity index (χ3v) is 4.57. The van der Waals surface area contributed by atoms with Crippen LogP contribution in [0.4, 0.5) is 5.69 Å². The number of rotatable bonds is 4. The summed E-state index contributed by atoms with van der Waals surface area (Å²) in [6, 6.07) is 5.91. The molecule has 0 radical (unpaired) electrons. The average Bonchev–Trinajstić information content (AvgIpc) is 2.50. The number of hydrogen-bond donors (Lipinski definition) is 1. The Kier molecular flexibility index (Phi) is 5.23. The molecule has 1 aliphatic heterocycles. The number of carbonyl (C=O) groups is 1. The van der Waals surface area contributed by atoms with E-state index >= 15 is 0 Å². The maximum Gasteiger partial charge on any atom is 0.254 e.